The normalized spacial score (nSPS) is 25.5. The number of nitrogens with one attached hydrogen (secondary N) is 2. The van der Waals surface area contributed by atoms with Crippen molar-refractivity contribution in [2.45, 2.75) is 56.5 Å². The third-order valence-electron chi connectivity index (χ3n) is 5.54. The Morgan fingerprint density at radius 2 is 1.88 bits per heavy atom. The van der Waals surface area contributed by atoms with Gasteiger partial charge in [0.2, 0.25) is 5.91 Å². The van der Waals surface area contributed by atoms with Crippen LogP contribution in [0.3, 0.4) is 0 Å². The lowest BCUT2D eigenvalue weighted by molar-refractivity contribution is -0.141. The van der Waals surface area contributed by atoms with E-state index in [9.17, 15) is 19.2 Å². The lowest BCUT2D eigenvalue weighted by Gasteiger charge is -2.30. The molecule has 2 heterocycles. The predicted octanol–water partition coefficient (Wildman–Crippen LogP) is -0.175. The molecule has 26 heavy (non-hydrogen) atoms. The molecule has 1 aliphatic carbocycles. The number of hydrogen-bond donors (Lipinski definition) is 2. The van der Waals surface area contributed by atoms with E-state index in [2.05, 4.69) is 10.7 Å². The maximum Gasteiger partial charge on any atom is 0.344 e. The van der Waals surface area contributed by atoms with Gasteiger partial charge in [0.1, 0.15) is 5.54 Å². The van der Waals surface area contributed by atoms with Gasteiger partial charge in [0.25, 0.3) is 11.8 Å². The quantitative estimate of drug-likeness (QED) is 0.673. The zero-order valence-electron chi connectivity index (χ0n) is 15.4. The van der Waals surface area contributed by atoms with Crippen molar-refractivity contribution in [3.05, 3.63) is 0 Å². The minimum absolute atomic E-state index is 0.0195. The zero-order valence-corrected chi connectivity index (χ0v) is 15.4. The molecule has 9 nitrogen and oxygen atoms in total. The van der Waals surface area contributed by atoms with Gasteiger partial charge in [0.05, 0.1) is 12.6 Å². The molecule has 2 aliphatic heterocycles. The first kappa shape index (κ1) is 18.6. The lowest BCUT2D eigenvalue weighted by atomic mass is 9.82. The first-order valence-corrected chi connectivity index (χ1v) is 9.25. The number of rotatable bonds is 4. The van der Waals surface area contributed by atoms with Crippen LogP contribution in [0.15, 0.2) is 0 Å². The Bertz CT molecular complexity index is 614. The molecule has 9 heteroatoms. The number of urea groups is 1. The van der Waals surface area contributed by atoms with Gasteiger partial charge in [-0.1, -0.05) is 19.3 Å². The van der Waals surface area contributed by atoms with E-state index in [1.165, 1.54) is 4.90 Å². The third kappa shape index (κ3) is 3.40. The molecule has 3 rings (SSSR count). The van der Waals surface area contributed by atoms with Crippen molar-refractivity contribution in [3.8, 4) is 0 Å². The van der Waals surface area contributed by atoms with Gasteiger partial charge >= 0.3 is 6.03 Å². The maximum absolute atomic E-state index is 12.7. The van der Waals surface area contributed by atoms with Crippen molar-refractivity contribution in [3.63, 3.8) is 0 Å². The highest BCUT2D eigenvalue weighted by atomic mass is 16.2. The molecule has 0 radical (unpaired) electrons. The first-order chi connectivity index (χ1) is 12.3. The molecular formula is C17H27N5O4. The summed E-state index contributed by atoms with van der Waals surface area (Å²) in [6, 6.07) is -0.906. The number of hydrazine groups is 1. The third-order valence-corrected chi connectivity index (χ3v) is 5.54. The monoisotopic (exact) mass is 365 g/mol. The summed E-state index contributed by atoms with van der Waals surface area (Å²) in [4.78, 5) is 52.8. The number of carbonyl (C=O) groups is 4. The molecule has 0 bridgehead atoms. The van der Waals surface area contributed by atoms with Crippen molar-refractivity contribution < 1.29 is 19.2 Å². The summed E-state index contributed by atoms with van der Waals surface area (Å²) < 4.78 is 0. The second kappa shape index (κ2) is 7.22. The van der Waals surface area contributed by atoms with E-state index >= 15 is 0 Å². The Hall–Kier alpha value is -2.16. The molecule has 3 fully saturated rings. The van der Waals surface area contributed by atoms with Crippen LogP contribution in [-0.2, 0) is 14.4 Å². The van der Waals surface area contributed by atoms with Gasteiger partial charge in [-0.05, 0) is 32.2 Å². The highest BCUT2D eigenvalue weighted by Gasteiger charge is 2.52. The Kier molecular flexibility index (Phi) is 5.17. The highest BCUT2D eigenvalue weighted by molar-refractivity contribution is 6.08. The van der Waals surface area contributed by atoms with E-state index in [0.29, 0.717) is 25.8 Å². The van der Waals surface area contributed by atoms with Crippen LogP contribution in [0.5, 0.6) is 0 Å². The summed E-state index contributed by atoms with van der Waals surface area (Å²) in [5, 5.41) is 3.57. The molecule has 144 valence electrons. The molecule has 1 spiro atoms. The fourth-order valence-electron chi connectivity index (χ4n) is 4.15. The van der Waals surface area contributed by atoms with Gasteiger partial charge in [0.15, 0.2) is 0 Å². The number of amides is 5. The van der Waals surface area contributed by atoms with Crippen LogP contribution in [0, 0.1) is 0 Å². The Balaban J connectivity index is 1.60. The number of likely N-dealkylation sites (N-methyl/N-ethyl adjacent to an activating group) is 1. The molecule has 0 unspecified atom stereocenters. The standard InChI is InChI=1S/C17H27N5O4/c1-20(2)14(24)12-7-6-10-21(12)11-13(23)19-22-15(25)17(18-16(22)26)8-4-3-5-9-17/h12H,3-11H2,1-2H3,(H,18,26)(H,19,23)/t12-/m1/s1. The molecular weight excluding hydrogens is 338 g/mol. The van der Waals surface area contributed by atoms with Gasteiger partial charge in [-0.15, -0.1) is 0 Å². The van der Waals surface area contributed by atoms with E-state index < -0.39 is 17.5 Å². The molecule has 0 aromatic carbocycles. The molecule has 5 amide bonds. The van der Waals surface area contributed by atoms with Gasteiger partial charge < -0.3 is 10.2 Å². The smallest absolute Gasteiger partial charge is 0.344 e. The molecule has 3 aliphatic rings. The van der Waals surface area contributed by atoms with Crippen LogP contribution in [0.2, 0.25) is 0 Å². The summed E-state index contributed by atoms with van der Waals surface area (Å²) in [7, 11) is 3.38. The zero-order chi connectivity index (χ0) is 18.9. The molecule has 2 N–H and O–H groups in total. The van der Waals surface area contributed by atoms with E-state index in [1.807, 2.05) is 0 Å². The summed E-state index contributed by atoms with van der Waals surface area (Å²) in [5.74, 6) is -0.871. The van der Waals surface area contributed by atoms with Crippen LogP contribution < -0.4 is 10.7 Å². The van der Waals surface area contributed by atoms with E-state index in [4.69, 9.17) is 0 Å². The van der Waals surface area contributed by atoms with Crippen LogP contribution >= 0.6 is 0 Å². The minimum atomic E-state index is -0.861. The summed E-state index contributed by atoms with van der Waals surface area (Å²) in [5.41, 5.74) is 1.57. The molecule has 1 atom stereocenters. The second-order valence-electron chi connectivity index (χ2n) is 7.61. The summed E-state index contributed by atoms with van der Waals surface area (Å²) in [6.45, 7) is 0.621. The Morgan fingerprint density at radius 3 is 2.54 bits per heavy atom. The van der Waals surface area contributed by atoms with Gasteiger partial charge in [-0.2, -0.15) is 5.01 Å². The fraction of sp³-hybridized carbons (Fsp3) is 0.765. The second-order valence-corrected chi connectivity index (χ2v) is 7.61. The number of hydrogen-bond acceptors (Lipinski definition) is 5. The SMILES string of the molecule is CN(C)C(=O)[C@H]1CCCN1CC(=O)NN1C(=O)NC2(CCCCC2)C1=O. The first-order valence-electron chi connectivity index (χ1n) is 9.25. The number of nitrogens with zero attached hydrogens (tertiary/aromatic N) is 3. The predicted molar refractivity (Wildman–Crippen MR) is 92.6 cm³/mol. The van der Waals surface area contributed by atoms with E-state index in [-0.39, 0.29) is 24.4 Å². The Morgan fingerprint density at radius 1 is 1.19 bits per heavy atom. The van der Waals surface area contributed by atoms with Crippen molar-refractivity contribution in [1.82, 2.24) is 25.6 Å². The van der Waals surface area contributed by atoms with Crippen molar-refractivity contribution in [2.75, 3.05) is 27.2 Å². The maximum atomic E-state index is 12.7. The lowest BCUT2D eigenvalue weighted by Crippen LogP contribution is -2.53. The van der Waals surface area contributed by atoms with E-state index in [1.54, 1.807) is 19.0 Å². The van der Waals surface area contributed by atoms with E-state index in [0.717, 1.165) is 30.7 Å². The molecule has 2 saturated heterocycles. The number of imide groups is 1. The molecule has 1 saturated carbocycles. The van der Waals surface area contributed by atoms with Gasteiger partial charge in [-0.3, -0.25) is 24.7 Å². The largest absolute Gasteiger partial charge is 0.347 e. The summed E-state index contributed by atoms with van der Waals surface area (Å²) in [6.07, 6.45) is 5.57. The van der Waals surface area contributed by atoms with Crippen LogP contribution in [0.25, 0.3) is 0 Å². The van der Waals surface area contributed by atoms with Crippen LogP contribution in [-0.4, -0.2) is 77.3 Å². The average molecular weight is 365 g/mol. The Labute approximate surface area is 153 Å². The van der Waals surface area contributed by atoms with Crippen LogP contribution in [0.4, 0.5) is 4.79 Å². The fourth-order valence-corrected chi connectivity index (χ4v) is 4.15. The topological polar surface area (TPSA) is 102 Å². The average Bonchev–Trinajstić information content (AvgIpc) is 3.14. The summed E-state index contributed by atoms with van der Waals surface area (Å²) >= 11 is 0. The van der Waals surface area contributed by atoms with Crippen LogP contribution in [0.1, 0.15) is 44.9 Å². The minimum Gasteiger partial charge on any atom is -0.347 e. The van der Waals surface area contributed by atoms with Gasteiger partial charge in [-0.25, -0.2) is 4.79 Å². The van der Waals surface area contributed by atoms with Crippen molar-refractivity contribution in [1.29, 1.82) is 0 Å². The number of carbonyl (C=O) groups excluding carboxylic acids is 4. The molecule has 0 aromatic heterocycles. The van der Waals surface area contributed by atoms with Gasteiger partial charge in [0, 0.05) is 14.1 Å². The highest BCUT2D eigenvalue weighted by Crippen LogP contribution is 2.33. The molecule has 0 aromatic rings. The van der Waals surface area contributed by atoms with Crippen molar-refractivity contribution >= 4 is 23.8 Å². The van der Waals surface area contributed by atoms with Crippen molar-refractivity contribution in [2.24, 2.45) is 0 Å². The number of likely N-dealkylation sites (tertiary alicyclic amines) is 1.